The molecule has 2 N–H and O–H groups in total. The third-order valence-electron chi connectivity index (χ3n) is 4.81. The van der Waals surface area contributed by atoms with Crippen LogP contribution in [0.1, 0.15) is 11.1 Å². The number of halogens is 4. The largest absolute Gasteiger partial charge is 0.480 e. The van der Waals surface area contributed by atoms with Gasteiger partial charge >= 0.3 is 12.1 Å². The summed E-state index contributed by atoms with van der Waals surface area (Å²) >= 11 is 0.922. The number of nitrogens with one attached hydrogen (secondary N) is 1. The second kappa shape index (κ2) is 9.69. The summed E-state index contributed by atoms with van der Waals surface area (Å²) in [7, 11) is -4.47. The van der Waals surface area contributed by atoms with Gasteiger partial charge in [-0.2, -0.15) is 17.5 Å². The first-order valence-corrected chi connectivity index (χ1v) is 12.0. The summed E-state index contributed by atoms with van der Waals surface area (Å²) in [5.41, 5.74) is -0.724. The van der Waals surface area contributed by atoms with E-state index in [9.17, 15) is 40.7 Å². The van der Waals surface area contributed by atoms with Gasteiger partial charge in [0, 0.05) is 18.7 Å². The van der Waals surface area contributed by atoms with E-state index in [4.69, 9.17) is 0 Å². The predicted octanol–water partition coefficient (Wildman–Crippen LogP) is 2.72. The van der Waals surface area contributed by atoms with Crippen molar-refractivity contribution in [1.29, 1.82) is 0 Å². The van der Waals surface area contributed by atoms with Gasteiger partial charge in [-0.05, 0) is 35.9 Å². The number of thioether (sulfide) groups is 1. The zero-order valence-electron chi connectivity index (χ0n) is 16.8. The fourth-order valence-electron chi connectivity index (χ4n) is 3.17. The SMILES string of the molecule is O=C(O)[C@H](Cc1ccc(F)cc1)NC(=O)[C@@H]1SCCN1S(=O)(=O)c1cccc(C(F)(F)F)c1. The zero-order chi connectivity index (χ0) is 24.4. The molecule has 1 amide bonds. The lowest BCUT2D eigenvalue weighted by atomic mass is 10.1. The molecule has 0 saturated carbocycles. The number of benzene rings is 2. The van der Waals surface area contributed by atoms with Gasteiger partial charge in [0.2, 0.25) is 15.9 Å². The van der Waals surface area contributed by atoms with Crippen LogP contribution in [0.25, 0.3) is 0 Å². The number of carboxylic acid groups (broad SMARTS) is 1. The number of amides is 1. The Labute approximate surface area is 190 Å². The average Bonchev–Trinajstić information content (AvgIpc) is 3.25. The predicted molar refractivity (Wildman–Crippen MR) is 111 cm³/mol. The lowest BCUT2D eigenvalue weighted by Crippen LogP contribution is -2.50. The second-order valence-corrected chi connectivity index (χ2v) is 10.2. The molecule has 0 bridgehead atoms. The van der Waals surface area contributed by atoms with Crippen LogP contribution in [0.4, 0.5) is 17.6 Å². The molecule has 0 aromatic heterocycles. The molecular weight excluding hydrogens is 488 g/mol. The number of carbonyl (C=O) groups is 2. The molecule has 13 heteroatoms. The van der Waals surface area contributed by atoms with E-state index in [0.29, 0.717) is 11.6 Å². The molecule has 1 saturated heterocycles. The molecule has 0 spiro atoms. The number of nitrogens with zero attached hydrogens (tertiary/aromatic N) is 1. The van der Waals surface area contributed by atoms with Gasteiger partial charge < -0.3 is 10.4 Å². The lowest BCUT2D eigenvalue weighted by Gasteiger charge is -2.24. The summed E-state index contributed by atoms with van der Waals surface area (Å²) in [6.07, 6.45) is -4.93. The van der Waals surface area contributed by atoms with Crippen molar-refractivity contribution in [2.24, 2.45) is 0 Å². The zero-order valence-corrected chi connectivity index (χ0v) is 18.4. The van der Waals surface area contributed by atoms with Crippen LogP contribution in [0.15, 0.2) is 53.4 Å². The van der Waals surface area contributed by atoms with E-state index in [-0.39, 0.29) is 18.7 Å². The maximum absolute atomic E-state index is 13.1. The molecule has 3 rings (SSSR count). The minimum absolute atomic E-state index is 0.142. The first-order valence-electron chi connectivity index (χ1n) is 9.48. The highest BCUT2D eigenvalue weighted by molar-refractivity contribution is 8.02. The van der Waals surface area contributed by atoms with Crippen molar-refractivity contribution in [3.63, 3.8) is 0 Å². The van der Waals surface area contributed by atoms with Crippen molar-refractivity contribution < 1.29 is 40.7 Å². The minimum atomic E-state index is -4.75. The van der Waals surface area contributed by atoms with Crippen LogP contribution >= 0.6 is 11.8 Å². The highest BCUT2D eigenvalue weighted by atomic mass is 32.2. The number of aliphatic carboxylic acids is 1. The highest BCUT2D eigenvalue weighted by Crippen LogP contribution is 2.34. The molecule has 2 aromatic carbocycles. The molecular formula is C20H18F4N2O5S2. The third-order valence-corrected chi connectivity index (χ3v) is 8.01. The number of alkyl halides is 3. The van der Waals surface area contributed by atoms with Gasteiger partial charge in [-0.15, -0.1) is 11.8 Å². The summed E-state index contributed by atoms with van der Waals surface area (Å²) in [5, 5.41) is 10.4. The van der Waals surface area contributed by atoms with Crippen LogP contribution in [0.3, 0.4) is 0 Å². The Morgan fingerprint density at radius 3 is 2.45 bits per heavy atom. The molecule has 0 radical (unpaired) electrons. The first-order chi connectivity index (χ1) is 15.4. The lowest BCUT2D eigenvalue weighted by molar-refractivity contribution is -0.142. The molecule has 1 fully saturated rings. The van der Waals surface area contributed by atoms with Crippen LogP contribution in [0.2, 0.25) is 0 Å². The number of hydrogen-bond acceptors (Lipinski definition) is 5. The molecule has 0 aliphatic carbocycles. The molecule has 178 valence electrons. The Hall–Kier alpha value is -2.64. The van der Waals surface area contributed by atoms with Crippen molar-refractivity contribution in [3.8, 4) is 0 Å². The van der Waals surface area contributed by atoms with E-state index in [1.54, 1.807) is 0 Å². The molecule has 2 atom stereocenters. The molecule has 1 aliphatic heterocycles. The van der Waals surface area contributed by atoms with Gasteiger partial charge in [0.25, 0.3) is 0 Å². The third kappa shape index (κ3) is 5.84. The van der Waals surface area contributed by atoms with Crippen LogP contribution in [0, 0.1) is 5.82 Å². The monoisotopic (exact) mass is 506 g/mol. The Morgan fingerprint density at radius 1 is 1.18 bits per heavy atom. The van der Waals surface area contributed by atoms with Gasteiger partial charge in [0.15, 0.2) is 0 Å². The Bertz CT molecular complexity index is 1140. The number of carboxylic acids is 1. The fourth-order valence-corrected chi connectivity index (χ4v) is 6.31. The van der Waals surface area contributed by atoms with E-state index in [1.165, 1.54) is 12.1 Å². The summed E-state index contributed by atoms with van der Waals surface area (Å²) < 4.78 is 78.8. The van der Waals surface area contributed by atoms with Gasteiger partial charge in [-0.25, -0.2) is 17.6 Å². The van der Waals surface area contributed by atoms with E-state index in [2.05, 4.69) is 5.32 Å². The Balaban J connectivity index is 1.80. The van der Waals surface area contributed by atoms with Gasteiger partial charge in [-0.3, -0.25) is 4.79 Å². The standard InChI is InChI=1S/C20H18F4N2O5S2/c21-14-6-4-12(5-7-14)10-16(19(28)29)25-17(27)18-26(8-9-32-18)33(30,31)15-3-1-2-13(11-15)20(22,23)24/h1-7,11,16,18H,8-10H2,(H,25,27)(H,28,29)/t16-,18-/m0/s1. The number of hydrogen-bond donors (Lipinski definition) is 2. The maximum atomic E-state index is 13.1. The summed E-state index contributed by atoms with van der Waals surface area (Å²) in [5.74, 6) is -2.63. The van der Waals surface area contributed by atoms with E-state index < -0.39 is 55.8 Å². The van der Waals surface area contributed by atoms with Crippen LogP contribution in [-0.4, -0.2) is 53.4 Å². The van der Waals surface area contributed by atoms with Crippen molar-refractivity contribution in [1.82, 2.24) is 9.62 Å². The topological polar surface area (TPSA) is 104 Å². The fraction of sp³-hybridized carbons (Fsp3) is 0.300. The highest BCUT2D eigenvalue weighted by Gasteiger charge is 2.42. The van der Waals surface area contributed by atoms with Crippen LogP contribution in [0.5, 0.6) is 0 Å². The van der Waals surface area contributed by atoms with Crippen molar-refractivity contribution >= 4 is 33.7 Å². The Morgan fingerprint density at radius 2 is 1.85 bits per heavy atom. The minimum Gasteiger partial charge on any atom is -0.480 e. The number of carbonyl (C=O) groups excluding carboxylic acids is 1. The van der Waals surface area contributed by atoms with Crippen LogP contribution < -0.4 is 5.32 Å². The van der Waals surface area contributed by atoms with Gasteiger partial charge in [0.05, 0.1) is 10.5 Å². The quantitative estimate of drug-likeness (QED) is 0.560. The van der Waals surface area contributed by atoms with Crippen molar-refractivity contribution in [3.05, 3.63) is 65.5 Å². The van der Waals surface area contributed by atoms with E-state index >= 15 is 0 Å². The van der Waals surface area contributed by atoms with Gasteiger partial charge in [0.1, 0.15) is 17.2 Å². The molecule has 1 aliphatic rings. The molecule has 33 heavy (non-hydrogen) atoms. The summed E-state index contributed by atoms with van der Waals surface area (Å²) in [6, 6.07) is 6.71. The molecule has 1 heterocycles. The summed E-state index contributed by atoms with van der Waals surface area (Å²) in [6.45, 7) is -0.142. The average molecular weight is 506 g/mol. The normalized spacial score (nSPS) is 18.1. The second-order valence-electron chi connectivity index (χ2n) is 7.09. The first kappa shape index (κ1) is 25.0. The molecule has 2 aromatic rings. The van der Waals surface area contributed by atoms with E-state index in [0.717, 1.165) is 46.4 Å². The molecule has 0 unspecified atom stereocenters. The number of sulfonamides is 1. The van der Waals surface area contributed by atoms with E-state index in [1.807, 2.05) is 0 Å². The smallest absolute Gasteiger partial charge is 0.416 e. The van der Waals surface area contributed by atoms with Crippen LogP contribution in [-0.2, 0) is 32.2 Å². The molecule has 7 nitrogen and oxygen atoms in total. The number of rotatable bonds is 7. The van der Waals surface area contributed by atoms with Crippen molar-refractivity contribution in [2.45, 2.75) is 28.9 Å². The van der Waals surface area contributed by atoms with Gasteiger partial charge in [-0.1, -0.05) is 18.2 Å². The van der Waals surface area contributed by atoms with Crippen molar-refractivity contribution in [2.75, 3.05) is 12.3 Å². The maximum Gasteiger partial charge on any atom is 0.416 e. The summed E-state index contributed by atoms with van der Waals surface area (Å²) in [4.78, 5) is 23.8. The Kier molecular flexibility index (Phi) is 7.34.